The number of nitrogens with zero attached hydrogens (tertiary/aromatic N) is 2. The van der Waals surface area contributed by atoms with Crippen LogP contribution in [-0.2, 0) is 13.1 Å². The molecular formula is C32H70Br8N8. The van der Waals surface area contributed by atoms with Gasteiger partial charge in [0.1, 0.15) is 0 Å². The summed E-state index contributed by atoms with van der Waals surface area (Å²) in [6, 6.07) is 9.43. The van der Waals surface area contributed by atoms with Crippen LogP contribution in [0.15, 0.2) is 24.3 Å². The standard InChI is InChI=1S/C32H62N8.8BrH/c1-10-31(29-39-24-6-20-35-16-2-12-33-13-3-17-36-21-7-25-39)28-32(11-1)30-40-26-8-22-37-18-4-14-34-15-5-19-38-23-9-27-40;;;;;;;;/h1,10-11,28,33-38H,2-9,12-27,29-30H2;8*1H. The molecule has 48 heavy (non-hydrogen) atoms. The van der Waals surface area contributed by atoms with Crippen LogP contribution in [0.2, 0.25) is 0 Å². The average molecular weight is 1210 g/mol. The molecule has 2 heterocycles. The molecule has 0 aromatic heterocycles. The van der Waals surface area contributed by atoms with Crippen LogP contribution in [0.4, 0.5) is 0 Å². The van der Waals surface area contributed by atoms with Crippen LogP contribution in [-0.4, -0.2) is 115 Å². The van der Waals surface area contributed by atoms with E-state index in [1.54, 1.807) is 0 Å². The Bertz CT molecular complexity index is 662. The van der Waals surface area contributed by atoms with Crippen molar-refractivity contribution in [2.45, 2.75) is 64.5 Å². The molecule has 0 bridgehead atoms. The van der Waals surface area contributed by atoms with E-state index < -0.39 is 0 Å². The Hall–Kier alpha value is 2.74. The Labute approximate surface area is 378 Å². The summed E-state index contributed by atoms with van der Waals surface area (Å²) in [4.78, 5) is 5.35. The molecule has 6 N–H and O–H groups in total. The first-order chi connectivity index (χ1) is 19.9. The van der Waals surface area contributed by atoms with Crippen LogP contribution in [0.1, 0.15) is 62.5 Å². The van der Waals surface area contributed by atoms with Gasteiger partial charge in [-0.25, -0.2) is 0 Å². The first-order valence-corrected chi connectivity index (χ1v) is 16.7. The van der Waals surface area contributed by atoms with Gasteiger partial charge in [0, 0.05) is 13.1 Å². The highest BCUT2D eigenvalue weighted by Gasteiger charge is 2.10. The third kappa shape index (κ3) is 34.5. The molecule has 8 nitrogen and oxygen atoms in total. The third-order valence-electron chi connectivity index (χ3n) is 7.94. The fourth-order valence-corrected chi connectivity index (χ4v) is 5.70. The molecule has 2 aliphatic heterocycles. The fourth-order valence-electron chi connectivity index (χ4n) is 5.70. The Balaban J connectivity index is -0.000000551. The van der Waals surface area contributed by atoms with Gasteiger partial charge in [0.05, 0.1) is 0 Å². The van der Waals surface area contributed by atoms with Gasteiger partial charge in [0.15, 0.2) is 0 Å². The molecule has 16 heteroatoms. The largest absolute Gasteiger partial charge is 0.317 e. The predicted octanol–water partition coefficient (Wildman–Crippen LogP) is 6.60. The maximum absolute atomic E-state index is 3.65. The van der Waals surface area contributed by atoms with Crippen molar-refractivity contribution in [1.29, 1.82) is 0 Å². The summed E-state index contributed by atoms with van der Waals surface area (Å²) in [5.41, 5.74) is 2.93. The lowest BCUT2D eigenvalue weighted by Gasteiger charge is -2.25. The molecule has 3 rings (SSSR count). The van der Waals surface area contributed by atoms with Crippen molar-refractivity contribution >= 4 is 136 Å². The van der Waals surface area contributed by atoms with E-state index in [-0.39, 0.29) is 136 Å². The maximum atomic E-state index is 3.65. The van der Waals surface area contributed by atoms with Crippen molar-refractivity contribution < 1.29 is 0 Å². The van der Waals surface area contributed by atoms with Gasteiger partial charge < -0.3 is 31.9 Å². The highest BCUT2D eigenvalue weighted by Crippen LogP contribution is 2.12. The third-order valence-corrected chi connectivity index (χ3v) is 7.94. The molecule has 2 saturated heterocycles. The number of halogens is 8. The van der Waals surface area contributed by atoms with Crippen molar-refractivity contribution in [2.24, 2.45) is 0 Å². The second-order valence-electron chi connectivity index (χ2n) is 11.7. The molecule has 0 aliphatic carbocycles. The van der Waals surface area contributed by atoms with Gasteiger partial charge in [-0.05, 0) is 167 Å². The van der Waals surface area contributed by atoms with Crippen LogP contribution in [0.3, 0.4) is 0 Å². The molecule has 294 valence electrons. The van der Waals surface area contributed by atoms with Crippen molar-refractivity contribution in [1.82, 2.24) is 41.7 Å². The van der Waals surface area contributed by atoms with Crippen molar-refractivity contribution in [3.63, 3.8) is 0 Å². The highest BCUT2D eigenvalue weighted by molar-refractivity contribution is 8.93. The minimum absolute atomic E-state index is 0. The molecular weight excluding hydrogens is 1140 g/mol. The van der Waals surface area contributed by atoms with Crippen LogP contribution in [0.25, 0.3) is 0 Å². The first-order valence-electron chi connectivity index (χ1n) is 16.7. The zero-order chi connectivity index (χ0) is 27.8. The van der Waals surface area contributed by atoms with Crippen LogP contribution in [0.5, 0.6) is 0 Å². The summed E-state index contributed by atoms with van der Waals surface area (Å²) >= 11 is 0. The van der Waals surface area contributed by atoms with Crippen molar-refractivity contribution in [2.75, 3.05) is 105 Å². The number of rotatable bonds is 4. The smallest absolute Gasteiger partial charge is 0.0233 e. The summed E-state index contributed by atoms with van der Waals surface area (Å²) < 4.78 is 0. The summed E-state index contributed by atoms with van der Waals surface area (Å²) in [6.45, 7) is 20.2. The summed E-state index contributed by atoms with van der Waals surface area (Å²) in [5.74, 6) is 0. The zero-order valence-corrected chi connectivity index (χ0v) is 42.6. The van der Waals surface area contributed by atoms with Crippen LogP contribution in [0, 0.1) is 0 Å². The molecule has 0 amide bonds. The number of benzene rings is 1. The van der Waals surface area contributed by atoms with Gasteiger partial charge in [-0.3, -0.25) is 9.80 Å². The lowest BCUT2D eigenvalue weighted by molar-refractivity contribution is 0.252. The van der Waals surface area contributed by atoms with E-state index >= 15 is 0 Å². The molecule has 0 radical (unpaired) electrons. The first kappa shape index (κ1) is 62.7. The Morgan fingerprint density at radius 1 is 0.354 bits per heavy atom. The molecule has 0 spiro atoms. The van der Waals surface area contributed by atoms with E-state index in [4.69, 9.17) is 0 Å². The molecule has 0 unspecified atom stereocenters. The molecule has 1 aromatic rings. The Kier molecular flexibility index (Phi) is 60.0. The van der Waals surface area contributed by atoms with Gasteiger partial charge in [0.25, 0.3) is 0 Å². The highest BCUT2D eigenvalue weighted by atomic mass is 79.9. The summed E-state index contributed by atoms with van der Waals surface area (Å²) in [6.07, 6.45) is 9.72. The van der Waals surface area contributed by atoms with E-state index in [1.165, 1.54) is 62.5 Å². The number of hydrogen-bond donors (Lipinski definition) is 6. The minimum Gasteiger partial charge on any atom is -0.317 e. The minimum atomic E-state index is 0. The Morgan fingerprint density at radius 2 is 0.583 bits per heavy atom. The molecule has 2 aliphatic rings. The molecule has 0 atom stereocenters. The topological polar surface area (TPSA) is 78.7 Å². The zero-order valence-electron chi connectivity index (χ0n) is 28.9. The van der Waals surface area contributed by atoms with E-state index in [1.807, 2.05) is 0 Å². The maximum Gasteiger partial charge on any atom is 0.0233 e. The fraction of sp³-hybridized carbons (Fsp3) is 0.812. The van der Waals surface area contributed by atoms with Gasteiger partial charge in [-0.15, -0.1) is 136 Å². The van der Waals surface area contributed by atoms with Gasteiger partial charge in [-0.1, -0.05) is 24.3 Å². The molecule has 2 fully saturated rings. The normalized spacial score (nSPS) is 19.2. The average Bonchev–Trinajstić information content (AvgIpc) is 2.95. The van der Waals surface area contributed by atoms with Crippen molar-refractivity contribution in [3.05, 3.63) is 35.4 Å². The van der Waals surface area contributed by atoms with Gasteiger partial charge in [-0.2, -0.15) is 0 Å². The summed E-state index contributed by atoms with van der Waals surface area (Å²) in [7, 11) is 0. The quantitative estimate of drug-likeness (QED) is 0.202. The molecule has 0 saturated carbocycles. The van der Waals surface area contributed by atoms with Gasteiger partial charge >= 0.3 is 0 Å². The number of hydrogen-bond acceptors (Lipinski definition) is 8. The second kappa shape index (κ2) is 45.9. The number of nitrogens with one attached hydrogen (secondary N) is 6. The lowest BCUT2D eigenvalue weighted by Crippen LogP contribution is -2.32. The molecule has 1 aromatic carbocycles. The summed E-state index contributed by atoms with van der Waals surface area (Å²) in [5, 5.41) is 21.7. The van der Waals surface area contributed by atoms with Gasteiger partial charge in [0.2, 0.25) is 0 Å². The second-order valence-corrected chi connectivity index (χ2v) is 11.7. The van der Waals surface area contributed by atoms with Crippen molar-refractivity contribution in [3.8, 4) is 0 Å². The Morgan fingerprint density at radius 3 is 0.833 bits per heavy atom. The van der Waals surface area contributed by atoms with Crippen LogP contribution < -0.4 is 31.9 Å². The lowest BCUT2D eigenvalue weighted by atomic mass is 10.1. The van der Waals surface area contributed by atoms with E-state index in [9.17, 15) is 0 Å². The van der Waals surface area contributed by atoms with E-state index in [2.05, 4.69) is 66.0 Å². The SMILES string of the molecule is Br.Br.Br.Br.Br.Br.Br.Br.c1cc(CN2CCCNCCCNCCCNCCC2)cc(CN2CCCNCCCNCCCNCCC2)c1. The van der Waals surface area contributed by atoms with Crippen LogP contribution >= 0.6 is 136 Å². The van der Waals surface area contributed by atoms with E-state index in [0.717, 1.165) is 118 Å². The predicted molar refractivity (Wildman–Crippen MR) is 254 cm³/mol. The monoisotopic (exact) mass is 1200 g/mol. The van der Waals surface area contributed by atoms with E-state index in [0.29, 0.717) is 0 Å².